The number of unbranched alkanes of at least 4 members (excludes halogenated alkanes) is 1. The van der Waals surface area contributed by atoms with Gasteiger partial charge in [-0.25, -0.2) is 15.0 Å². The number of fused-ring (bicyclic) bond motifs is 1. The van der Waals surface area contributed by atoms with Gasteiger partial charge in [-0.05, 0) is 32.4 Å². The van der Waals surface area contributed by atoms with E-state index in [-0.39, 0.29) is 11.9 Å². The monoisotopic (exact) mass is 394 g/mol. The summed E-state index contributed by atoms with van der Waals surface area (Å²) in [5.41, 5.74) is 17.9. The highest BCUT2D eigenvalue weighted by Crippen LogP contribution is 2.31. The summed E-state index contributed by atoms with van der Waals surface area (Å²) in [5, 5.41) is 24.4. The molecule has 9 N–H and O–H groups in total. The quantitative estimate of drug-likeness (QED) is 0.258. The maximum atomic E-state index is 10.5. The first-order valence-electron chi connectivity index (χ1n) is 9.65. The molecule has 0 aliphatic carbocycles. The summed E-state index contributed by atoms with van der Waals surface area (Å²) >= 11 is 0. The topological polar surface area (TPSA) is 183 Å². The second-order valence-corrected chi connectivity index (χ2v) is 7.10. The highest BCUT2D eigenvalue weighted by atomic mass is 16.6. The summed E-state index contributed by atoms with van der Waals surface area (Å²) in [7, 11) is 0. The molecule has 0 radical (unpaired) electrons. The number of aromatic nitrogens is 4. The van der Waals surface area contributed by atoms with Crippen molar-refractivity contribution in [1.29, 1.82) is 0 Å². The minimum atomic E-state index is -1.12. The Balaban J connectivity index is 1.65. The molecule has 3 heterocycles. The van der Waals surface area contributed by atoms with E-state index in [1.54, 1.807) is 4.57 Å². The zero-order valence-corrected chi connectivity index (χ0v) is 15.8. The highest BCUT2D eigenvalue weighted by Gasteiger charge is 2.44. The normalized spacial score (nSPS) is 26.1. The Morgan fingerprint density at radius 1 is 1.11 bits per heavy atom. The number of nitrogens with zero attached hydrogens (tertiary/aromatic N) is 4. The van der Waals surface area contributed by atoms with Gasteiger partial charge >= 0.3 is 0 Å². The van der Waals surface area contributed by atoms with Crippen LogP contribution in [0.4, 0.5) is 5.82 Å². The number of ether oxygens (including phenoxy) is 1. The molecule has 1 aliphatic heterocycles. The fourth-order valence-electron chi connectivity index (χ4n) is 3.55. The van der Waals surface area contributed by atoms with Crippen molar-refractivity contribution in [3.05, 3.63) is 12.7 Å². The lowest BCUT2D eigenvalue weighted by molar-refractivity contribution is -0.0348. The van der Waals surface area contributed by atoms with E-state index in [9.17, 15) is 10.2 Å². The second kappa shape index (κ2) is 9.54. The largest absolute Gasteiger partial charge is 0.387 e. The van der Waals surface area contributed by atoms with Gasteiger partial charge in [0.1, 0.15) is 30.2 Å². The molecule has 0 spiro atoms. The smallest absolute Gasteiger partial charge is 0.167 e. The molecule has 11 heteroatoms. The number of hydrogen-bond donors (Lipinski definition) is 6. The molecular weight excluding hydrogens is 364 g/mol. The van der Waals surface area contributed by atoms with E-state index in [0.29, 0.717) is 30.8 Å². The van der Waals surface area contributed by atoms with E-state index in [0.717, 1.165) is 25.7 Å². The number of aliphatic hydroxyl groups is 2. The predicted molar refractivity (Wildman–Crippen MR) is 104 cm³/mol. The van der Waals surface area contributed by atoms with Gasteiger partial charge < -0.3 is 37.5 Å². The molecule has 1 unspecified atom stereocenters. The van der Waals surface area contributed by atoms with Crippen LogP contribution in [-0.2, 0) is 4.74 Å². The lowest BCUT2D eigenvalue weighted by Gasteiger charge is -2.22. The van der Waals surface area contributed by atoms with Crippen molar-refractivity contribution in [1.82, 2.24) is 24.8 Å². The van der Waals surface area contributed by atoms with Gasteiger partial charge in [-0.1, -0.05) is 6.42 Å². The number of nitrogens with one attached hydrogen (secondary N) is 1. The van der Waals surface area contributed by atoms with Crippen LogP contribution in [0.2, 0.25) is 0 Å². The van der Waals surface area contributed by atoms with Crippen LogP contribution in [-0.4, -0.2) is 73.7 Å². The van der Waals surface area contributed by atoms with Crippen LogP contribution in [0.25, 0.3) is 11.2 Å². The summed E-state index contributed by atoms with van der Waals surface area (Å²) in [5.74, 6) is 0.247. The summed E-state index contributed by atoms with van der Waals surface area (Å²) in [4.78, 5) is 12.3. The number of imidazole rings is 1. The third-order valence-electron chi connectivity index (χ3n) is 5.13. The number of nitrogens with two attached hydrogens (primary N) is 3. The second-order valence-electron chi connectivity index (χ2n) is 7.10. The molecule has 28 heavy (non-hydrogen) atoms. The van der Waals surface area contributed by atoms with Gasteiger partial charge in [-0.2, -0.15) is 0 Å². The minimum absolute atomic E-state index is 0.213. The minimum Gasteiger partial charge on any atom is -0.387 e. The molecule has 0 bridgehead atoms. The molecule has 5 atom stereocenters. The van der Waals surface area contributed by atoms with E-state index in [2.05, 4.69) is 20.3 Å². The molecule has 1 saturated heterocycles. The van der Waals surface area contributed by atoms with Gasteiger partial charge in [0.25, 0.3) is 0 Å². The van der Waals surface area contributed by atoms with E-state index < -0.39 is 24.5 Å². The maximum absolute atomic E-state index is 10.5. The average molecular weight is 394 g/mol. The maximum Gasteiger partial charge on any atom is 0.167 e. The number of aliphatic hydroxyl groups excluding tert-OH is 2. The number of hydrogen-bond acceptors (Lipinski definition) is 10. The molecular formula is C17H30N8O3. The van der Waals surface area contributed by atoms with E-state index >= 15 is 0 Å². The van der Waals surface area contributed by atoms with Gasteiger partial charge in [-0.15, -0.1) is 0 Å². The zero-order valence-electron chi connectivity index (χ0n) is 15.8. The van der Waals surface area contributed by atoms with Crippen LogP contribution in [0.5, 0.6) is 0 Å². The van der Waals surface area contributed by atoms with Crippen molar-refractivity contribution < 1.29 is 14.9 Å². The number of nitrogen functional groups attached to an aromatic ring is 1. The molecule has 0 saturated carbocycles. The first kappa shape index (κ1) is 20.8. The van der Waals surface area contributed by atoms with Gasteiger partial charge in [0.05, 0.1) is 6.33 Å². The average Bonchev–Trinajstić information content (AvgIpc) is 3.23. The molecule has 1 fully saturated rings. The molecule has 3 rings (SSSR count). The third kappa shape index (κ3) is 4.40. The lowest BCUT2D eigenvalue weighted by atomic mass is 10.1. The SMILES string of the molecule is NCCCCC(CCN)NC[C@H]1O[C@@H](n2cnc3c(N)ncnc32)[C@H](O)[C@@H]1O. The van der Waals surface area contributed by atoms with Crippen molar-refractivity contribution in [2.45, 2.75) is 56.3 Å². The van der Waals surface area contributed by atoms with Crippen molar-refractivity contribution in [3.63, 3.8) is 0 Å². The van der Waals surface area contributed by atoms with E-state index in [4.69, 9.17) is 21.9 Å². The molecule has 2 aromatic heterocycles. The van der Waals surface area contributed by atoms with E-state index in [1.807, 2.05) is 0 Å². The van der Waals surface area contributed by atoms with Crippen LogP contribution in [0.1, 0.15) is 31.9 Å². The van der Waals surface area contributed by atoms with Gasteiger partial charge in [0, 0.05) is 12.6 Å². The zero-order chi connectivity index (χ0) is 20.1. The van der Waals surface area contributed by atoms with Crippen LogP contribution in [0.15, 0.2) is 12.7 Å². The molecule has 11 nitrogen and oxygen atoms in total. The van der Waals surface area contributed by atoms with Gasteiger partial charge in [0.2, 0.25) is 0 Å². The molecule has 156 valence electrons. The van der Waals surface area contributed by atoms with Crippen LogP contribution in [0, 0.1) is 0 Å². The fraction of sp³-hybridized carbons (Fsp3) is 0.706. The van der Waals surface area contributed by atoms with Crippen molar-refractivity contribution in [2.75, 3.05) is 25.4 Å². The first-order chi connectivity index (χ1) is 13.6. The fourth-order valence-corrected chi connectivity index (χ4v) is 3.55. The standard InChI is InChI=1S/C17H30N8O3/c18-5-2-1-3-10(4-6-19)21-7-11-13(26)14(27)17(28-11)25-9-24-12-15(20)22-8-23-16(12)25/h8-11,13-14,17,21,26-27H,1-7,18-19H2,(H2,20,22,23)/t10?,11-,13-,14-,17-/m1/s1. The van der Waals surface area contributed by atoms with Crippen molar-refractivity contribution >= 4 is 17.0 Å². The Labute approximate surface area is 163 Å². The predicted octanol–water partition coefficient (Wildman–Crippen LogP) is -1.54. The van der Waals surface area contributed by atoms with Crippen molar-refractivity contribution in [2.24, 2.45) is 11.5 Å². The Kier molecular flexibility index (Phi) is 7.10. The van der Waals surface area contributed by atoms with Crippen LogP contribution < -0.4 is 22.5 Å². The Morgan fingerprint density at radius 2 is 1.93 bits per heavy atom. The number of anilines is 1. The Hall–Kier alpha value is -1.89. The van der Waals surface area contributed by atoms with E-state index in [1.165, 1.54) is 12.7 Å². The molecule has 0 amide bonds. The summed E-state index contributed by atoms with van der Waals surface area (Å²) < 4.78 is 7.51. The van der Waals surface area contributed by atoms with Gasteiger partial charge in [0.15, 0.2) is 17.7 Å². The molecule has 0 aromatic carbocycles. The van der Waals surface area contributed by atoms with Crippen molar-refractivity contribution in [3.8, 4) is 0 Å². The molecule has 1 aliphatic rings. The Bertz CT molecular complexity index is 757. The lowest BCUT2D eigenvalue weighted by Crippen LogP contribution is -2.42. The summed E-state index contributed by atoms with van der Waals surface area (Å²) in [6, 6.07) is 0.213. The summed E-state index contributed by atoms with van der Waals surface area (Å²) in [6.45, 7) is 1.63. The first-order valence-corrected chi connectivity index (χ1v) is 9.65. The highest BCUT2D eigenvalue weighted by molar-refractivity contribution is 5.81. The number of rotatable bonds is 10. The summed E-state index contributed by atoms with van der Waals surface area (Å²) in [6.07, 6.45) is 3.00. The van der Waals surface area contributed by atoms with Crippen LogP contribution >= 0.6 is 0 Å². The Morgan fingerprint density at radius 3 is 2.68 bits per heavy atom. The molecule has 2 aromatic rings. The van der Waals surface area contributed by atoms with Gasteiger partial charge in [-0.3, -0.25) is 4.57 Å². The third-order valence-corrected chi connectivity index (χ3v) is 5.13. The van der Waals surface area contributed by atoms with Crippen LogP contribution in [0.3, 0.4) is 0 Å².